The van der Waals surface area contributed by atoms with E-state index in [0.717, 1.165) is 25.9 Å². The molecule has 4 atom stereocenters. The highest BCUT2D eigenvalue weighted by Gasteiger charge is 2.33. The van der Waals surface area contributed by atoms with Gasteiger partial charge < -0.3 is 27.4 Å². The highest BCUT2D eigenvalue weighted by atomic mass is 32.2. The minimum atomic E-state index is 0.0175. The molecular formula is C31H40N8S2. The van der Waals surface area contributed by atoms with Crippen LogP contribution in [0.1, 0.15) is 54.6 Å². The number of hydrogen-bond acceptors (Lipinski definition) is 6. The number of likely N-dealkylation sites (N-methyl/N-ethyl adjacent to an activating group) is 1. The molecule has 2 fully saturated rings. The quantitative estimate of drug-likeness (QED) is 0.138. The molecule has 9 N–H and O–H groups in total. The molecule has 2 aliphatic rings. The second-order valence-corrected chi connectivity index (χ2v) is 13.3. The van der Waals surface area contributed by atoms with E-state index in [1.165, 1.54) is 33.4 Å². The van der Waals surface area contributed by atoms with Crippen LogP contribution in [0, 0.1) is 10.8 Å². The van der Waals surface area contributed by atoms with Crippen LogP contribution in [0.2, 0.25) is 0 Å². The van der Waals surface area contributed by atoms with Crippen molar-refractivity contribution in [3.63, 3.8) is 0 Å². The smallest absolute Gasteiger partial charge is 0.185 e. The monoisotopic (exact) mass is 588 g/mol. The number of nitrogens with one attached hydrogen (secondary N) is 5. The minimum absolute atomic E-state index is 0.0175. The maximum atomic E-state index is 7.36. The van der Waals surface area contributed by atoms with E-state index in [9.17, 15) is 0 Å². The van der Waals surface area contributed by atoms with Crippen LogP contribution in [0.5, 0.6) is 0 Å². The average Bonchev–Trinajstić information content (AvgIpc) is 3.61. The Morgan fingerprint density at radius 2 is 1.37 bits per heavy atom. The molecular weight excluding hydrogens is 549 g/mol. The molecule has 5 rings (SSSR count). The number of nitrogens with two attached hydrogens (primary N) is 2. The number of rotatable bonds is 10. The van der Waals surface area contributed by atoms with Gasteiger partial charge in [0.2, 0.25) is 0 Å². The number of guanidine groups is 2. The normalized spacial score (nSPS) is 22.5. The van der Waals surface area contributed by atoms with Gasteiger partial charge in [0.15, 0.2) is 11.9 Å². The Hall–Kier alpha value is -3.18. The number of nitrogens with zero attached hydrogens (tertiary/aromatic N) is 1. The third kappa shape index (κ3) is 7.77. The van der Waals surface area contributed by atoms with E-state index in [1.807, 2.05) is 23.5 Å². The Morgan fingerprint density at radius 1 is 0.805 bits per heavy atom. The molecule has 0 aromatic heterocycles. The average molecular weight is 589 g/mol. The lowest BCUT2D eigenvalue weighted by molar-refractivity contribution is 0.344. The third-order valence-corrected chi connectivity index (χ3v) is 10.7. The van der Waals surface area contributed by atoms with Crippen molar-refractivity contribution >= 4 is 35.4 Å². The molecule has 4 unspecified atom stereocenters. The van der Waals surface area contributed by atoms with Gasteiger partial charge >= 0.3 is 0 Å². The zero-order chi connectivity index (χ0) is 28.8. The summed E-state index contributed by atoms with van der Waals surface area (Å²) in [6.07, 6.45) is 1.69. The van der Waals surface area contributed by atoms with Crippen molar-refractivity contribution in [2.45, 2.75) is 34.1 Å². The highest BCUT2D eigenvalue weighted by Crippen LogP contribution is 2.50. The minimum Gasteiger partial charge on any atom is -0.370 e. The Balaban J connectivity index is 1.21. The Labute approximate surface area is 251 Å². The summed E-state index contributed by atoms with van der Waals surface area (Å²) >= 11 is 4.01. The van der Waals surface area contributed by atoms with Crippen molar-refractivity contribution < 1.29 is 0 Å². The largest absolute Gasteiger partial charge is 0.370 e. The lowest BCUT2D eigenvalue weighted by atomic mass is 10.1. The van der Waals surface area contributed by atoms with Gasteiger partial charge in [0.1, 0.15) is 0 Å². The standard InChI is InChI=1S/C31H40N8S2/c1-39-19-27(23-8-3-6-21(16-23)12-14-37-31(34)35)41-29(39)25-10-4-9-24(17-25)28-38-18-26(40-28)22-7-2-5-20(15-22)11-13-36-30(32)33/h2-10,15-17,26-29,38H,11-14,18-19H2,1H3,(H4,32,33,36)(H4,34,35,37). The van der Waals surface area contributed by atoms with E-state index in [1.54, 1.807) is 0 Å². The van der Waals surface area contributed by atoms with Crippen molar-refractivity contribution in [3.8, 4) is 0 Å². The van der Waals surface area contributed by atoms with E-state index in [0.29, 0.717) is 29.0 Å². The molecule has 0 saturated carbocycles. The van der Waals surface area contributed by atoms with Gasteiger partial charge in [-0.3, -0.25) is 15.7 Å². The molecule has 0 amide bonds. The van der Waals surface area contributed by atoms with Crippen LogP contribution >= 0.6 is 23.5 Å². The number of thioether (sulfide) groups is 2. The maximum absolute atomic E-state index is 7.36. The Morgan fingerprint density at radius 3 is 2.00 bits per heavy atom. The zero-order valence-electron chi connectivity index (χ0n) is 23.4. The van der Waals surface area contributed by atoms with Crippen LogP contribution < -0.4 is 27.4 Å². The first kappa shape index (κ1) is 29.3. The molecule has 3 aromatic carbocycles. The third-order valence-electron chi connectivity index (χ3n) is 7.54. The van der Waals surface area contributed by atoms with E-state index >= 15 is 0 Å². The fraction of sp³-hybridized carbons (Fsp3) is 0.355. The highest BCUT2D eigenvalue weighted by molar-refractivity contribution is 8.00. The first-order valence-electron chi connectivity index (χ1n) is 14.0. The van der Waals surface area contributed by atoms with Crippen LogP contribution in [0.4, 0.5) is 0 Å². The van der Waals surface area contributed by atoms with Crippen LogP contribution in [0.25, 0.3) is 0 Å². The molecule has 0 bridgehead atoms. The first-order valence-corrected chi connectivity index (χ1v) is 15.9. The molecule has 0 spiro atoms. The predicted octanol–water partition coefficient (Wildman–Crippen LogP) is 4.23. The predicted molar refractivity (Wildman–Crippen MR) is 173 cm³/mol. The molecule has 2 saturated heterocycles. The van der Waals surface area contributed by atoms with Crippen molar-refractivity contribution in [2.24, 2.45) is 11.5 Å². The lowest BCUT2D eigenvalue weighted by Gasteiger charge is -2.20. The van der Waals surface area contributed by atoms with Gasteiger partial charge in [-0.2, -0.15) is 0 Å². The van der Waals surface area contributed by atoms with Gasteiger partial charge in [0.05, 0.1) is 10.7 Å². The summed E-state index contributed by atoms with van der Waals surface area (Å²) in [5.74, 6) is 0.0364. The van der Waals surface area contributed by atoms with Gasteiger partial charge in [-0.25, -0.2) is 0 Å². The molecule has 2 heterocycles. The molecule has 0 aliphatic carbocycles. The Bertz CT molecular complexity index is 1370. The van der Waals surface area contributed by atoms with Gasteiger partial charge in [-0.15, -0.1) is 23.5 Å². The number of hydrogen-bond donors (Lipinski definition) is 7. The first-order chi connectivity index (χ1) is 19.9. The summed E-state index contributed by atoms with van der Waals surface area (Å²) in [6.45, 7) is 3.28. The summed E-state index contributed by atoms with van der Waals surface area (Å²) in [4.78, 5) is 2.46. The van der Waals surface area contributed by atoms with Crippen LogP contribution in [-0.4, -0.2) is 50.0 Å². The summed E-state index contributed by atoms with van der Waals surface area (Å²) in [5.41, 5.74) is 18.8. The summed E-state index contributed by atoms with van der Waals surface area (Å²) in [6, 6.07) is 26.7. The zero-order valence-corrected chi connectivity index (χ0v) is 25.0. The fourth-order valence-electron chi connectivity index (χ4n) is 5.50. The van der Waals surface area contributed by atoms with Crippen LogP contribution in [0.3, 0.4) is 0 Å². The number of benzene rings is 3. The summed E-state index contributed by atoms with van der Waals surface area (Å²) < 4.78 is 0. The second kappa shape index (κ2) is 13.7. The van der Waals surface area contributed by atoms with Crippen molar-refractivity contribution in [1.29, 1.82) is 10.8 Å². The van der Waals surface area contributed by atoms with Gasteiger partial charge in [-0.1, -0.05) is 72.8 Å². The lowest BCUT2D eigenvalue weighted by Crippen LogP contribution is -2.31. The van der Waals surface area contributed by atoms with E-state index in [2.05, 4.69) is 101 Å². The van der Waals surface area contributed by atoms with Crippen LogP contribution in [0.15, 0.2) is 72.8 Å². The summed E-state index contributed by atoms with van der Waals surface area (Å²) in [5, 5.41) is 25.6. The maximum Gasteiger partial charge on any atom is 0.185 e. The van der Waals surface area contributed by atoms with Gasteiger partial charge in [-0.05, 0) is 53.3 Å². The molecule has 10 heteroatoms. The van der Waals surface area contributed by atoms with Crippen molar-refractivity contribution in [3.05, 3.63) is 106 Å². The molecule has 8 nitrogen and oxygen atoms in total. The molecule has 41 heavy (non-hydrogen) atoms. The SMILES string of the molecule is CN1CC(c2cccc(CCNC(=N)N)c2)SC1c1cccc(C2NCC(c3cccc(CCNC(=N)N)c3)S2)c1. The fourth-order valence-corrected chi connectivity index (χ4v) is 8.36. The summed E-state index contributed by atoms with van der Waals surface area (Å²) in [7, 11) is 2.22. The molecule has 3 aromatic rings. The van der Waals surface area contributed by atoms with Gasteiger partial charge in [0, 0.05) is 36.7 Å². The Kier molecular flexibility index (Phi) is 9.76. The van der Waals surface area contributed by atoms with Gasteiger partial charge in [0.25, 0.3) is 0 Å². The van der Waals surface area contributed by atoms with Crippen molar-refractivity contribution in [1.82, 2.24) is 20.9 Å². The second-order valence-electron chi connectivity index (χ2n) is 10.7. The van der Waals surface area contributed by atoms with E-state index in [4.69, 9.17) is 22.3 Å². The van der Waals surface area contributed by atoms with Crippen LogP contribution in [-0.2, 0) is 12.8 Å². The van der Waals surface area contributed by atoms with E-state index in [-0.39, 0.29) is 17.3 Å². The van der Waals surface area contributed by atoms with Crippen molar-refractivity contribution in [2.75, 3.05) is 33.2 Å². The molecule has 216 valence electrons. The van der Waals surface area contributed by atoms with E-state index < -0.39 is 0 Å². The molecule has 0 radical (unpaired) electrons. The molecule has 2 aliphatic heterocycles. The topological polar surface area (TPSA) is 139 Å².